The van der Waals surface area contributed by atoms with E-state index >= 15 is 0 Å². The van der Waals surface area contributed by atoms with Gasteiger partial charge in [0.15, 0.2) is 0 Å². The van der Waals surface area contributed by atoms with Gasteiger partial charge in [0.05, 0.1) is 27.9 Å². The molecular formula is C13H19ClFNO2S. The Morgan fingerprint density at radius 2 is 2.00 bits per heavy atom. The molecular weight excluding hydrogens is 289 g/mol. The molecule has 0 aliphatic rings. The first-order valence-electron chi connectivity index (χ1n) is 5.88. The number of halogens is 2. The van der Waals surface area contributed by atoms with Crippen LogP contribution < -0.4 is 9.46 Å². The van der Waals surface area contributed by atoms with Crippen molar-refractivity contribution in [1.82, 2.24) is 4.72 Å². The number of rotatable bonds is 4. The van der Waals surface area contributed by atoms with Gasteiger partial charge in [-0.3, -0.25) is 0 Å². The van der Waals surface area contributed by atoms with E-state index in [9.17, 15) is 8.60 Å². The number of methoxy groups -OCH3 is 1. The second-order valence-corrected chi connectivity index (χ2v) is 7.57. The third kappa shape index (κ3) is 3.91. The summed E-state index contributed by atoms with van der Waals surface area (Å²) in [6.07, 6.45) is 0. The highest BCUT2D eigenvalue weighted by molar-refractivity contribution is 7.84. The number of ether oxygens (including phenoxy) is 1. The van der Waals surface area contributed by atoms with Crippen LogP contribution >= 0.6 is 11.6 Å². The highest BCUT2D eigenvalue weighted by Crippen LogP contribution is 2.34. The molecule has 0 radical (unpaired) electrons. The second-order valence-electron chi connectivity index (χ2n) is 5.20. The van der Waals surface area contributed by atoms with Gasteiger partial charge in [-0.05, 0) is 39.8 Å². The molecule has 0 amide bonds. The molecule has 2 atom stereocenters. The predicted octanol–water partition coefficient (Wildman–Crippen LogP) is 3.60. The monoisotopic (exact) mass is 307 g/mol. The normalized spacial score (nSPS) is 15.1. The fourth-order valence-electron chi connectivity index (χ4n) is 1.53. The SMILES string of the molecule is COc1ccc(F)c(Cl)c1[C@@H](C)N[S@@](=O)C(C)(C)C. The molecule has 0 saturated carbocycles. The van der Waals surface area contributed by atoms with Crippen LogP contribution in [0.5, 0.6) is 5.75 Å². The van der Waals surface area contributed by atoms with Crippen molar-refractivity contribution in [3.63, 3.8) is 0 Å². The van der Waals surface area contributed by atoms with Crippen LogP contribution in [0.2, 0.25) is 5.02 Å². The van der Waals surface area contributed by atoms with Crippen molar-refractivity contribution in [2.75, 3.05) is 7.11 Å². The third-order valence-corrected chi connectivity index (χ3v) is 4.65. The number of hydrogen-bond donors (Lipinski definition) is 1. The highest BCUT2D eigenvalue weighted by Gasteiger charge is 2.25. The van der Waals surface area contributed by atoms with Gasteiger partial charge in [-0.15, -0.1) is 0 Å². The lowest BCUT2D eigenvalue weighted by molar-refractivity contribution is 0.404. The molecule has 3 nitrogen and oxygen atoms in total. The predicted molar refractivity (Wildman–Crippen MR) is 77.4 cm³/mol. The van der Waals surface area contributed by atoms with E-state index < -0.39 is 27.6 Å². The van der Waals surface area contributed by atoms with Crippen LogP contribution in [0, 0.1) is 5.82 Å². The minimum Gasteiger partial charge on any atom is -0.496 e. The quantitative estimate of drug-likeness (QED) is 0.923. The van der Waals surface area contributed by atoms with Crippen molar-refractivity contribution >= 4 is 22.6 Å². The maximum absolute atomic E-state index is 13.5. The molecule has 1 aromatic rings. The molecule has 0 heterocycles. The molecule has 1 aromatic carbocycles. The average Bonchev–Trinajstić information content (AvgIpc) is 2.30. The molecule has 0 aliphatic heterocycles. The summed E-state index contributed by atoms with van der Waals surface area (Å²) >= 11 is 5.98. The minimum absolute atomic E-state index is 0.00902. The summed E-state index contributed by atoms with van der Waals surface area (Å²) in [5.41, 5.74) is 0.474. The van der Waals surface area contributed by atoms with Crippen LogP contribution in [-0.4, -0.2) is 16.1 Å². The summed E-state index contributed by atoms with van der Waals surface area (Å²) in [6.45, 7) is 7.33. The van der Waals surface area contributed by atoms with Gasteiger partial charge < -0.3 is 4.74 Å². The van der Waals surface area contributed by atoms with E-state index in [-0.39, 0.29) is 5.02 Å². The molecule has 0 unspecified atom stereocenters. The van der Waals surface area contributed by atoms with Crippen LogP contribution in [0.4, 0.5) is 4.39 Å². The minimum atomic E-state index is -1.28. The Bertz CT molecular complexity index is 488. The van der Waals surface area contributed by atoms with E-state index in [0.717, 1.165) is 0 Å². The maximum atomic E-state index is 13.5. The zero-order chi connectivity index (χ0) is 14.8. The number of nitrogens with one attached hydrogen (secondary N) is 1. The van der Waals surface area contributed by atoms with Gasteiger partial charge >= 0.3 is 0 Å². The fraction of sp³-hybridized carbons (Fsp3) is 0.538. The van der Waals surface area contributed by atoms with Gasteiger partial charge in [-0.1, -0.05) is 11.6 Å². The molecule has 0 aromatic heterocycles. The first-order chi connectivity index (χ1) is 8.68. The van der Waals surface area contributed by atoms with Crippen molar-refractivity contribution in [2.24, 2.45) is 0 Å². The summed E-state index contributed by atoms with van der Waals surface area (Å²) in [5, 5.41) is -0.00902. The van der Waals surface area contributed by atoms with Crippen LogP contribution in [0.3, 0.4) is 0 Å². The van der Waals surface area contributed by atoms with Crippen LogP contribution in [0.25, 0.3) is 0 Å². The van der Waals surface area contributed by atoms with Gasteiger partial charge in [0.1, 0.15) is 11.6 Å². The maximum Gasteiger partial charge on any atom is 0.142 e. The summed E-state index contributed by atoms with van der Waals surface area (Å²) in [5.74, 6) is -0.0510. The van der Waals surface area contributed by atoms with Crippen molar-refractivity contribution in [2.45, 2.75) is 38.5 Å². The zero-order valence-corrected chi connectivity index (χ0v) is 13.3. The van der Waals surface area contributed by atoms with Crippen LogP contribution in [0.1, 0.15) is 39.3 Å². The van der Waals surface area contributed by atoms with E-state index in [0.29, 0.717) is 11.3 Å². The van der Waals surface area contributed by atoms with E-state index in [1.807, 2.05) is 20.8 Å². The summed E-state index contributed by atoms with van der Waals surface area (Å²) in [4.78, 5) is 0. The second kappa shape index (κ2) is 6.20. The molecule has 0 aliphatic carbocycles. The van der Waals surface area contributed by atoms with Gasteiger partial charge in [0.25, 0.3) is 0 Å². The first-order valence-corrected chi connectivity index (χ1v) is 7.41. The molecule has 1 N–H and O–H groups in total. The Morgan fingerprint density at radius 3 is 2.47 bits per heavy atom. The standard InChI is InChI=1S/C13H19ClFNO2S/c1-8(16-19(17)13(2,3)4)11-10(18-5)7-6-9(15)12(11)14/h6-8,16H,1-5H3/t8-,19+/m1/s1. The van der Waals surface area contributed by atoms with Crippen molar-refractivity contribution in [1.29, 1.82) is 0 Å². The third-order valence-electron chi connectivity index (χ3n) is 2.59. The molecule has 108 valence electrons. The van der Waals surface area contributed by atoms with Crippen LogP contribution in [-0.2, 0) is 11.0 Å². The van der Waals surface area contributed by atoms with Gasteiger partial charge in [0.2, 0.25) is 0 Å². The smallest absolute Gasteiger partial charge is 0.142 e. The number of benzene rings is 1. The van der Waals surface area contributed by atoms with Gasteiger partial charge in [0, 0.05) is 11.6 Å². The van der Waals surface area contributed by atoms with E-state index in [4.69, 9.17) is 16.3 Å². The Hall–Kier alpha value is -0.650. The molecule has 0 spiro atoms. The van der Waals surface area contributed by atoms with E-state index in [1.165, 1.54) is 19.2 Å². The summed E-state index contributed by atoms with van der Waals surface area (Å²) in [6, 6.07) is 2.37. The molecule has 6 heteroatoms. The molecule has 0 saturated heterocycles. The topological polar surface area (TPSA) is 38.3 Å². The van der Waals surface area contributed by atoms with Crippen molar-refractivity contribution in [3.8, 4) is 5.75 Å². The fourth-order valence-corrected chi connectivity index (χ4v) is 2.64. The average molecular weight is 308 g/mol. The van der Waals surface area contributed by atoms with Gasteiger partial charge in [-0.2, -0.15) is 0 Å². The molecule has 0 fully saturated rings. The lowest BCUT2D eigenvalue weighted by Gasteiger charge is -2.24. The number of hydrogen-bond acceptors (Lipinski definition) is 2. The van der Waals surface area contributed by atoms with E-state index in [1.54, 1.807) is 6.92 Å². The molecule has 1 rings (SSSR count). The lowest BCUT2D eigenvalue weighted by Crippen LogP contribution is -2.35. The highest BCUT2D eigenvalue weighted by atomic mass is 35.5. The molecule has 19 heavy (non-hydrogen) atoms. The Labute approximate surface area is 121 Å². The van der Waals surface area contributed by atoms with E-state index in [2.05, 4.69) is 4.72 Å². The summed E-state index contributed by atoms with van der Waals surface area (Å²) < 4.78 is 33.3. The van der Waals surface area contributed by atoms with Crippen molar-refractivity contribution in [3.05, 3.63) is 28.5 Å². The Morgan fingerprint density at radius 1 is 1.42 bits per heavy atom. The first kappa shape index (κ1) is 16.4. The Balaban J connectivity index is 3.09. The lowest BCUT2D eigenvalue weighted by atomic mass is 10.1. The van der Waals surface area contributed by atoms with Crippen LogP contribution in [0.15, 0.2) is 12.1 Å². The molecule has 0 bridgehead atoms. The van der Waals surface area contributed by atoms with Gasteiger partial charge in [-0.25, -0.2) is 13.3 Å². The van der Waals surface area contributed by atoms with Crippen molar-refractivity contribution < 1.29 is 13.3 Å². The zero-order valence-electron chi connectivity index (χ0n) is 11.7. The summed E-state index contributed by atoms with van der Waals surface area (Å²) in [7, 11) is 0.207. The Kier molecular flexibility index (Phi) is 5.35. The largest absolute Gasteiger partial charge is 0.496 e.